The van der Waals surface area contributed by atoms with E-state index in [-0.39, 0.29) is 11.5 Å². The molecule has 0 fully saturated rings. The highest BCUT2D eigenvalue weighted by Gasteiger charge is 2.18. The van der Waals surface area contributed by atoms with Crippen LogP contribution in [0, 0.1) is 18.3 Å². The largest absolute Gasteiger partial charge is 0.484 e. The van der Waals surface area contributed by atoms with Gasteiger partial charge in [-0.25, -0.2) is 8.42 Å². The van der Waals surface area contributed by atoms with Gasteiger partial charge in [0.05, 0.1) is 16.5 Å². The minimum absolute atomic E-state index is 0.0354. The summed E-state index contributed by atoms with van der Waals surface area (Å²) in [7, 11) is -3.88. The Kier molecular flexibility index (Phi) is 6.80. The van der Waals surface area contributed by atoms with Crippen LogP contribution >= 0.6 is 11.6 Å². The van der Waals surface area contributed by atoms with E-state index in [2.05, 4.69) is 10.0 Å². The molecule has 0 unspecified atom stereocenters. The van der Waals surface area contributed by atoms with Crippen molar-refractivity contribution in [2.45, 2.75) is 11.8 Å². The quantitative estimate of drug-likeness (QED) is 0.551. The van der Waals surface area contributed by atoms with Crippen molar-refractivity contribution in [1.82, 2.24) is 0 Å². The molecule has 3 aromatic rings. The molecular formula is C22H18ClN3O4S. The molecule has 158 valence electrons. The second-order valence-electron chi connectivity index (χ2n) is 6.57. The molecule has 3 rings (SSSR count). The fourth-order valence-corrected chi connectivity index (χ4v) is 4.12. The Balaban J connectivity index is 1.68. The average Bonchev–Trinajstić information content (AvgIpc) is 2.75. The number of nitriles is 1. The standard InChI is InChI=1S/C22H18ClN3O4S/c1-15-2-7-19(25-22(27)14-30-20-10-3-16(13-24)4-11-20)12-21(15)31(28,29)26-18-8-5-17(23)6-9-18/h2-12,26H,14H2,1H3,(H,25,27). The zero-order valence-electron chi connectivity index (χ0n) is 16.4. The van der Waals surface area contributed by atoms with Gasteiger partial charge in [0.25, 0.3) is 15.9 Å². The predicted molar refractivity (Wildman–Crippen MR) is 119 cm³/mol. The van der Waals surface area contributed by atoms with Gasteiger partial charge in [0, 0.05) is 16.4 Å². The maximum atomic E-state index is 12.8. The smallest absolute Gasteiger partial charge is 0.262 e. The number of carbonyl (C=O) groups excluding carboxylic acids is 1. The van der Waals surface area contributed by atoms with Crippen molar-refractivity contribution in [2.24, 2.45) is 0 Å². The van der Waals surface area contributed by atoms with Crippen molar-refractivity contribution in [3.8, 4) is 11.8 Å². The van der Waals surface area contributed by atoms with Crippen molar-refractivity contribution >= 4 is 38.9 Å². The number of hydrogen-bond donors (Lipinski definition) is 2. The molecular weight excluding hydrogens is 438 g/mol. The van der Waals surface area contributed by atoms with Gasteiger partial charge in [-0.15, -0.1) is 0 Å². The number of rotatable bonds is 7. The van der Waals surface area contributed by atoms with Gasteiger partial charge < -0.3 is 10.1 Å². The lowest BCUT2D eigenvalue weighted by Gasteiger charge is -2.13. The van der Waals surface area contributed by atoms with E-state index in [1.807, 2.05) is 6.07 Å². The molecule has 0 aliphatic carbocycles. The molecule has 0 bridgehead atoms. The number of benzene rings is 3. The maximum absolute atomic E-state index is 12.8. The molecule has 31 heavy (non-hydrogen) atoms. The fourth-order valence-electron chi connectivity index (χ4n) is 2.67. The van der Waals surface area contributed by atoms with Crippen LogP contribution in [0.15, 0.2) is 71.6 Å². The van der Waals surface area contributed by atoms with Crippen LogP contribution in [0.25, 0.3) is 0 Å². The summed E-state index contributed by atoms with van der Waals surface area (Å²) in [6.45, 7) is 1.39. The summed E-state index contributed by atoms with van der Waals surface area (Å²) in [6, 6.07) is 19.2. The molecule has 3 aromatic carbocycles. The van der Waals surface area contributed by atoms with Crippen LogP contribution in [-0.4, -0.2) is 20.9 Å². The first kappa shape index (κ1) is 22.2. The van der Waals surface area contributed by atoms with Crippen molar-refractivity contribution in [3.05, 3.63) is 82.9 Å². The van der Waals surface area contributed by atoms with E-state index in [1.165, 1.54) is 6.07 Å². The molecule has 0 spiro atoms. The first-order valence-corrected chi connectivity index (χ1v) is 10.9. The van der Waals surface area contributed by atoms with E-state index in [0.29, 0.717) is 33.3 Å². The highest BCUT2D eigenvalue weighted by Crippen LogP contribution is 2.24. The van der Waals surface area contributed by atoms with Gasteiger partial charge in [-0.2, -0.15) is 5.26 Å². The first-order valence-electron chi connectivity index (χ1n) is 9.09. The average molecular weight is 456 g/mol. The lowest BCUT2D eigenvalue weighted by Crippen LogP contribution is -2.21. The monoisotopic (exact) mass is 455 g/mol. The first-order chi connectivity index (χ1) is 14.8. The fraction of sp³-hybridized carbons (Fsp3) is 0.0909. The lowest BCUT2D eigenvalue weighted by atomic mass is 10.2. The number of anilines is 2. The Bertz CT molecular complexity index is 1240. The van der Waals surface area contributed by atoms with Crippen LogP contribution in [0.1, 0.15) is 11.1 Å². The van der Waals surface area contributed by atoms with Crippen LogP contribution in [0.3, 0.4) is 0 Å². The summed E-state index contributed by atoms with van der Waals surface area (Å²) in [5.41, 5.74) is 1.69. The number of hydrogen-bond acceptors (Lipinski definition) is 5. The maximum Gasteiger partial charge on any atom is 0.262 e. The van der Waals surface area contributed by atoms with Gasteiger partial charge in [0.1, 0.15) is 5.75 Å². The van der Waals surface area contributed by atoms with Gasteiger partial charge in [-0.3, -0.25) is 9.52 Å². The summed E-state index contributed by atoms with van der Waals surface area (Å²) in [6.07, 6.45) is 0. The topological polar surface area (TPSA) is 108 Å². The summed E-state index contributed by atoms with van der Waals surface area (Å²) in [5, 5.41) is 11.9. The third-order valence-corrected chi connectivity index (χ3v) is 5.99. The van der Waals surface area contributed by atoms with E-state index < -0.39 is 15.9 Å². The number of aryl methyl sites for hydroxylation is 1. The summed E-state index contributed by atoms with van der Waals surface area (Å²) in [4.78, 5) is 12.2. The lowest BCUT2D eigenvalue weighted by molar-refractivity contribution is -0.118. The SMILES string of the molecule is Cc1ccc(NC(=O)COc2ccc(C#N)cc2)cc1S(=O)(=O)Nc1ccc(Cl)cc1. The predicted octanol–water partition coefficient (Wildman–Crippen LogP) is 4.34. The number of nitrogens with zero attached hydrogens (tertiary/aromatic N) is 1. The summed E-state index contributed by atoms with van der Waals surface area (Å²) in [5.74, 6) is -0.0179. The highest BCUT2D eigenvalue weighted by atomic mass is 35.5. The van der Waals surface area contributed by atoms with E-state index in [1.54, 1.807) is 67.6 Å². The highest BCUT2D eigenvalue weighted by molar-refractivity contribution is 7.92. The van der Waals surface area contributed by atoms with Crippen molar-refractivity contribution in [1.29, 1.82) is 5.26 Å². The third-order valence-electron chi connectivity index (χ3n) is 4.21. The van der Waals surface area contributed by atoms with Gasteiger partial charge in [-0.05, 0) is 73.2 Å². The van der Waals surface area contributed by atoms with E-state index >= 15 is 0 Å². The number of carbonyl (C=O) groups is 1. The Hall–Kier alpha value is -3.54. The van der Waals surface area contributed by atoms with Crippen LogP contribution in [0.5, 0.6) is 5.75 Å². The number of halogens is 1. The minimum Gasteiger partial charge on any atom is -0.484 e. The molecule has 0 heterocycles. The van der Waals surface area contributed by atoms with Gasteiger partial charge >= 0.3 is 0 Å². The Morgan fingerprint density at radius 2 is 1.68 bits per heavy atom. The zero-order chi connectivity index (χ0) is 22.4. The van der Waals surface area contributed by atoms with Crippen LogP contribution < -0.4 is 14.8 Å². The van der Waals surface area contributed by atoms with Crippen molar-refractivity contribution in [2.75, 3.05) is 16.6 Å². The number of sulfonamides is 1. The summed E-state index contributed by atoms with van der Waals surface area (Å²) >= 11 is 5.83. The Morgan fingerprint density at radius 3 is 2.32 bits per heavy atom. The van der Waals surface area contributed by atoms with E-state index in [4.69, 9.17) is 21.6 Å². The molecule has 7 nitrogen and oxygen atoms in total. The molecule has 1 amide bonds. The molecule has 0 aromatic heterocycles. The van der Waals surface area contributed by atoms with Crippen LogP contribution in [0.4, 0.5) is 11.4 Å². The number of amides is 1. The van der Waals surface area contributed by atoms with Gasteiger partial charge in [0.15, 0.2) is 6.61 Å². The second-order valence-corrected chi connectivity index (χ2v) is 8.65. The molecule has 9 heteroatoms. The van der Waals surface area contributed by atoms with Crippen molar-refractivity contribution < 1.29 is 17.9 Å². The molecule has 0 saturated carbocycles. The van der Waals surface area contributed by atoms with Crippen LogP contribution in [-0.2, 0) is 14.8 Å². The molecule has 0 aliphatic heterocycles. The van der Waals surface area contributed by atoms with Crippen LogP contribution in [0.2, 0.25) is 5.02 Å². The number of ether oxygens (including phenoxy) is 1. The Labute approximate surface area is 185 Å². The van der Waals surface area contributed by atoms with Gasteiger partial charge in [0.2, 0.25) is 0 Å². The molecule has 0 atom stereocenters. The Morgan fingerprint density at radius 1 is 1.03 bits per heavy atom. The van der Waals surface area contributed by atoms with E-state index in [0.717, 1.165) is 0 Å². The molecule has 0 radical (unpaired) electrons. The minimum atomic E-state index is -3.88. The van der Waals surface area contributed by atoms with E-state index in [9.17, 15) is 13.2 Å². The van der Waals surface area contributed by atoms with Crippen molar-refractivity contribution in [3.63, 3.8) is 0 Å². The van der Waals surface area contributed by atoms with Gasteiger partial charge in [-0.1, -0.05) is 17.7 Å². The molecule has 2 N–H and O–H groups in total. The molecule has 0 aliphatic rings. The normalized spacial score (nSPS) is 10.7. The third kappa shape index (κ3) is 5.98. The zero-order valence-corrected chi connectivity index (χ0v) is 18.0. The summed E-state index contributed by atoms with van der Waals surface area (Å²) < 4.78 is 33.5. The molecule has 0 saturated heterocycles. The second kappa shape index (κ2) is 9.51. The number of nitrogens with one attached hydrogen (secondary N) is 2.